The fourth-order valence-corrected chi connectivity index (χ4v) is 4.50. The summed E-state index contributed by atoms with van der Waals surface area (Å²) in [5.41, 5.74) is 7.04. The molecule has 176 valence electrons. The molecule has 0 spiro atoms. The van der Waals surface area contributed by atoms with Crippen molar-refractivity contribution >= 4 is 0 Å². The fraction of sp³-hybridized carbons (Fsp3) is 0. The first kappa shape index (κ1) is 22.6. The summed E-state index contributed by atoms with van der Waals surface area (Å²) < 4.78 is 16.0. The maximum Gasteiger partial charge on any atom is 0.160 e. The van der Waals surface area contributed by atoms with Gasteiger partial charge in [0.2, 0.25) is 0 Å². The van der Waals surface area contributed by atoms with E-state index in [-0.39, 0.29) is 5.82 Å². The predicted octanol–water partition coefficient (Wildman–Crippen LogP) is 8.95. The molecule has 0 aliphatic rings. The van der Waals surface area contributed by atoms with E-state index >= 15 is 4.39 Å². The molecule has 1 heterocycles. The third-order valence-corrected chi connectivity index (χ3v) is 6.37. The standard InChI is InChI=1S/C34H23FN2/c35-33-29(24-13-5-1-6-14-24)21-28(22-30(33)25-15-7-2-8-16-25)34-36-31(26-17-9-3-10-18-26)23-32(37-34)27-19-11-4-12-20-27/h1-23H. The molecule has 0 saturated carbocycles. The van der Waals surface area contributed by atoms with E-state index in [0.717, 1.165) is 39.2 Å². The summed E-state index contributed by atoms with van der Waals surface area (Å²) in [7, 11) is 0. The number of nitrogens with zero attached hydrogens (tertiary/aromatic N) is 2. The van der Waals surface area contributed by atoms with Crippen molar-refractivity contribution in [2.45, 2.75) is 0 Å². The first-order valence-electron chi connectivity index (χ1n) is 12.2. The van der Waals surface area contributed by atoms with Crippen LogP contribution in [0.15, 0.2) is 140 Å². The van der Waals surface area contributed by atoms with Crippen LogP contribution in [0.4, 0.5) is 4.39 Å². The van der Waals surface area contributed by atoms with E-state index in [1.807, 2.05) is 140 Å². The summed E-state index contributed by atoms with van der Waals surface area (Å²) in [5.74, 6) is 0.290. The molecule has 0 aliphatic heterocycles. The summed E-state index contributed by atoms with van der Waals surface area (Å²) in [6, 6.07) is 45.1. The molecule has 0 N–H and O–H groups in total. The number of hydrogen-bond acceptors (Lipinski definition) is 2. The molecule has 5 aromatic carbocycles. The van der Waals surface area contributed by atoms with Gasteiger partial charge in [0.05, 0.1) is 11.4 Å². The van der Waals surface area contributed by atoms with E-state index < -0.39 is 0 Å². The van der Waals surface area contributed by atoms with Gasteiger partial charge in [-0.3, -0.25) is 0 Å². The lowest BCUT2D eigenvalue weighted by atomic mass is 9.94. The summed E-state index contributed by atoms with van der Waals surface area (Å²) in [5, 5.41) is 0. The van der Waals surface area contributed by atoms with Crippen LogP contribution in [-0.2, 0) is 0 Å². The molecule has 0 unspecified atom stereocenters. The van der Waals surface area contributed by atoms with Crippen molar-refractivity contribution in [1.29, 1.82) is 0 Å². The van der Waals surface area contributed by atoms with Crippen LogP contribution >= 0.6 is 0 Å². The molecule has 0 saturated heterocycles. The Morgan fingerprint density at radius 1 is 0.378 bits per heavy atom. The summed E-state index contributed by atoms with van der Waals surface area (Å²) in [6.07, 6.45) is 0. The second-order valence-corrected chi connectivity index (χ2v) is 8.81. The van der Waals surface area contributed by atoms with Gasteiger partial charge >= 0.3 is 0 Å². The van der Waals surface area contributed by atoms with Gasteiger partial charge in [-0.05, 0) is 29.3 Å². The highest BCUT2D eigenvalue weighted by Gasteiger charge is 2.18. The van der Waals surface area contributed by atoms with Gasteiger partial charge in [0.15, 0.2) is 5.82 Å². The first-order valence-corrected chi connectivity index (χ1v) is 12.2. The monoisotopic (exact) mass is 478 g/mol. The minimum Gasteiger partial charge on any atom is -0.228 e. The Kier molecular flexibility index (Phi) is 6.10. The van der Waals surface area contributed by atoms with E-state index in [1.165, 1.54) is 0 Å². The fourth-order valence-electron chi connectivity index (χ4n) is 4.50. The third kappa shape index (κ3) is 4.67. The van der Waals surface area contributed by atoms with Crippen molar-refractivity contribution in [3.05, 3.63) is 145 Å². The minimum absolute atomic E-state index is 0.261. The van der Waals surface area contributed by atoms with Gasteiger partial charge in [0.1, 0.15) is 5.82 Å². The van der Waals surface area contributed by atoms with Gasteiger partial charge in [0, 0.05) is 27.8 Å². The maximum absolute atomic E-state index is 16.0. The lowest BCUT2D eigenvalue weighted by molar-refractivity contribution is 0.635. The number of benzene rings is 5. The van der Waals surface area contributed by atoms with Crippen LogP contribution in [0.3, 0.4) is 0 Å². The van der Waals surface area contributed by atoms with Crippen LogP contribution in [0.5, 0.6) is 0 Å². The van der Waals surface area contributed by atoms with Crippen LogP contribution in [0.2, 0.25) is 0 Å². The zero-order valence-corrected chi connectivity index (χ0v) is 20.1. The third-order valence-electron chi connectivity index (χ3n) is 6.37. The smallest absolute Gasteiger partial charge is 0.160 e. The van der Waals surface area contributed by atoms with Crippen molar-refractivity contribution in [3.8, 4) is 56.2 Å². The van der Waals surface area contributed by atoms with Gasteiger partial charge < -0.3 is 0 Å². The lowest BCUT2D eigenvalue weighted by Gasteiger charge is -2.14. The van der Waals surface area contributed by atoms with Crippen molar-refractivity contribution in [3.63, 3.8) is 0 Å². The van der Waals surface area contributed by atoms with Crippen LogP contribution < -0.4 is 0 Å². The molecule has 37 heavy (non-hydrogen) atoms. The number of aromatic nitrogens is 2. The molecule has 1 aromatic heterocycles. The van der Waals surface area contributed by atoms with Crippen LogP contribution in [0.25, 0.3) is 56.2 Å². The largest absolute Gasteiger partial charge is 0.228 e. The van der Waals surface area contributed by atoms with Gasteiger partial charge in [-0.2, -0.15) is 0 Å². The molecule has 0 amide bonds. The summed E-state index contributed by atoms with van der Waals surface area (Å²) in [6.45, 7) is 0. The molecule has 6 aromatic rings. The highest BCUT2D eigenvalue weighted by molar-refractivity contribution is 5.81. The molecule has 0 bridgehead atoms. The average Bonchev–Trinajstić information content (AvgIpc) is 2.99. The quantitative estimate of drug-likeness (QED) is 0.247. The molecule has 0 aliphatic carbocycles. The van der Waals surface area contributed by atoms with Crippen LogP contribution in [0, 0.1) is 5.82 Å². The Hall–Kier alpha value is -4.89. The van der Waals surface area contributed by atoms with Gasteiger partial charge in [-0.1, -0.05) is 121 Å². The zero-order chi connectivity index (χ0) is 25.0. The minimum atomic E-state index is -0.261. The summed E-state index contributed by atoms with van der Waals surface area (Å²) in [4.78, 5) is 9.93. The van der Waals surface area contributed by atoms with Crippen LogP contribution in [-0.4, -0.2) is 9.97 Å². The number of halogens is 1. The molecule has 0 fully saturated rings. The SMILES string of the molecule is Fc1c(-c2ccccc2)cc(-c2nc(-c3ccccc3)cc(-c3ccccc3)n2)cc1-c1ccccc1. The van der Waals surface area contributed by atoms with Gasteiger partial charge in [-0.15, -0.1) is 0 Å². The Morgan fingerprint density at radius 3 is 1.11 bits per heavy atom. The molecule has 6 rings (SSSR count). The zero-order valence-electron chi connectivity index (χ0n) is 20.1. The molecular formula is C34H23FN2. The van der Waals surface area contributed by atoms with Crippen molar-refractivity contribution < 1.29 is 4.39 Å². The normalized spacial score (nSPS) is 10.8. The highest BCUT2D eigenvalue weighted by Crippen LogP contribution is 2.36. The highest BCUT2D eigenvalue weighted by atomic mass is 19.1. The van der Waals surface area contributed by atoms with Gasteiger partial charge in [0.25, 0.3) is 0 Å². The summed E-state index contributed by atoms with van der Waals surface area (Å²) >= 11 is 0. The van der Waals surface area contributed by atoms with Crippen molar-refractivity contribution in [2.24, 2.45) is 0 Å². The van der Waals surface area contributed by atoms with Gasteiger partial charge in [-0.25, -0.2) is 14.4 Å². The molecule has 0 radical (unpaired) electrons. The van der Waals surface area contributed by atoms with E-state index in [4.69, 9.17) is 9.97 Å². The van der Waals surface area contributed by atoms with Crippen LogP contribution in [0.1, 0.15) is 0 Å². The second kappa shape index (κ2) is 10.00. The molecular weight excluding hydrogens is 455 g/mol. The molecule has 2 nitrogen and oxygen atoms in total. The van der Waals surface area contributed by atoms with Crippen molar-refractivity contribution in [2.75, 3.05) is 0 Å². The Balaban J connectivity index is 1.61. The molecule has 0 atom stereocenters. The van der Waals surface area contributed by atoms with E-state index in [9.17, 15) is 0 Å². The predicted molar refractivity (Wildman–Crippen MR) is 149 cm³/mol. The molecule has 3 heteroatoms. The average molecular weight is 479 g/mol. The number of rotatable bonds is 5. The number of hydrogen-bond donors (Lipinski definition) is 0. The van der Waals surface area contributed by atoms with E-state index in [2.05, 4.69) is 0 Å². The van der Waals surface area contributed by atoms with Crippen molar-refractivity contribution in [1.82, 2.24) is 9.97 Å². The Labute approximate surface area is 215 Å². The topological polar surface area (TPSA) is 25.8 Å². The first-order chi connectivity index (χ1) is 18.3. The second-order valence-electron chi connectivity index (χ2n) is 8.81. The maximum atomic E-state index is 16.0. The Morgan fingerprint density at radius 2 is 0.730 bits per heavy atom. The van der Waals surface area contributed by atoms with E-state index in [1.54, 1.807) is 0 Å². The van der Waals surface area contributed by atoms with E-state index in [0.29, 0.717) is 17.0 Å². The Bertz CT molecular complexity index is 1530. The lowest BCUT2D eigenvalue weighted by Crippen LogP contribution is -1.98.